The molecule has 1 fully saturated rings. The molecular weight excluding hydrogens is 341 g/mol. The number of esters is 1. The van der Waals surface area contributed by atoms with E-state index in [9.17, 15) is 18.0 Å². The molecule has 0 spiro atoms. The van der Waals surface area contributed by atoms with Gasteiger partial charge in [-0.25, -0.2) is 9.59 Å². The lowest BCUT2D eigenvalue weighted by molar-refractivity contribution is -0.192. The molecule has 9 heteroatoms. The predicted molar refractivity (Wildman–Crippen MR) is 84.3 cm³/mol. The molecule has 0 radical (unpaired) electrons. The number of nitrogens with one attached hydrogen (secondary N) is 1. The molecule has 1 heterocycles. The van der Waals surface area contributed by atoms with Crippen molar-refractivity contribution < 1.29 is 32.6 Å². The van der Waals surface area contributed by atoms with E-state index in [2.05, 4.69) is 10.2 Å². The Morgan fingerprint density at radius 2 is 1.72 bits per heavy atom. The molecule has 25 heavy (non-hydrogen) atoms. The molecule has 1 saturated heterocycles. The van der Waals surface area contributed by atoms with Gasteiger partial charge in [0.25, 0.3) is 0 Å². The molecular formula is C16H21F3N2O4. The van der Waals surface area contributed by atoms with E-state index in [1.807, 2.05) is 18.2 Å². The Labute approximate surface area is 143 Å². The fourth-order valence-electron chi connectivity index (χ4n) is 2.05. The van der Waals surface area contributed by atoms with Gasteiger partial charge in [-0.3, -0.25) is 0 Å². The summed E-state index contributed by atoms with van der Waals surface area (Å²) >= 11 is 0. The molecule has 2 rings (SSSR count). The Balaban J connectivity index is 0.000000381. The summed E-state index contributed by atoms with van der Waals surface area (Å²) in [5, 5.41) is 10.4. The number of benzene rings is 1. The lowest BCUT2D eigenvalue weighted by atomic mass is 10.2. The Bertz CT molecular complexity index is 532. The summed E-state index contributed by atoms with van der Waals surface area (Å²) in [5.41, 5.74) is 0.625. The number of hydrogen-bond donors (Lipinski definition) is 2. The van der Waals surface area contributed by atoms with Crippen molar-refractivity contribution in [3.63, 3.8) is 0 Å². The smallest absolute Gasteiger partial charge is 0.475 e. The first kappa shape index (κ1) is 20.9. The van der Waals surface area contributed by atoms with Gasteiger partial charge in [0.15, 0.2) is 0 Å². The molecule has 0 saturated carbocycles. The summed E-state index contributed by atoms with van der Waals surface area (Å²) in [6, 6.07) is 9.13. The van der Waals surface area contributed by atoms with E-state index in [1.54, 1.807) is 12.1 Å². The number of ether oxygens (including phenoxy) is 1. The second kappa shape index (κ2) is 10.7. The molecule has 1 aromatic carbocycles. The Kier molecular flexibility index (Phi) is 8.93. The molecule has 0 bridgehead atoms. The predicted octanol–water partition coefficient (Wildman–Crippen LogP) is 1.77. The van der Waals surface area contributed by atoms with Gasteiger partial charge in [-0.2, -0.15) is 13.2 Å². The highest BCUT2D eigenvalue weighted by molar-refractivity contribution is 5.89. The monoisotopic (exact) mass is 362 g/mol. The van der Waals surface area contributed by atoms with Gasteiger partial charge in [0.05, 0.1) is 12.2 Å². The first-order chi connectivity index (χ1) is 11.8. The van der Waals surface area contributed by atoms with Crippen LogP contribution in [0.2, 0.25) is 0 Å². The van der Waals surface area contributed by atoms with Crippen LogP contribution in [0.5, 0.6) is 0 Å². The van der Waals surface area contributed by atoms with Gasteiger partial charge in [-0.15, -0.1) is 0 Å². The van der Waals surface area contributed by atoms with Gasteiger partial charge < -0.3 is 20.1 Å². The van der Waals surface area contributed by atoms with E-state index in [0.717, 1.165) is 39.1 Å². The van der Waals surface area contributed by atoms with Crippen molar-refractivity contribution in [1.82, 2.24) is 10.2 Å². The van der Waals surface area contributed by atoms with Crippen molar-refractivity contribution in [2.24, 2.45) is 0 Å². The van der Waals surface area contributed by atoms with E-state index in [1.165, 1.54) is 0 Å². The Hall–Kier alpha value is -2.13. The fraction of sp³-hybridized carbons (Fsp3) is 0.500. The van der Waals surface area contributed by atoms with Gasteiger partial charge in [0, 0.05) is 32.7 Å². The third-order valence-corrected chi connectivity index (χ3v) is 3.31. The molecule has 0 aliphatic carbocycles. The van der Waals surface area contributed by atoms with Crippen molar-refractivity contribution in [3.05, 3.63) is 35.9 Å². The summed E-state index contributed by atoms with van der Waals surface area (Å²) in [6.45, 7) is 5.80. The van der Waals surface area contributed by atoms with Gasteiger partial charge in [-0.05, 0) is 18.6 Å². The van der Waals surface area contributed by atoms with Gasteiger partial charge in [0.1, 0.15) is 0 Å². The van der Waals surface area contributed by atoms with Crippen LogP contribution in [0.3, 0.4) is 0 Å². The standard InChI is InChI=1S/C14H20N2O2.C2HF3O2/c17-14(13-5-2-1-3-6-13)18-12-4-9-16-10-7-15-8-11-16;3-2(4,5)1(6)7/h1-3,5-6,15H,4,7-12H2;(H,6,7). The maximum absolute atomic E-state index is 11.6. The number of rotatable bonds is 5. The zero-order valence-electron chi connectivity index (χ0n) is 13.6. The minimum Gasteiger partial charge on any atom is -0.475 e. The van der Waals surface area contributed by atoms with Gasteiger partial charge in [-0.1, -0.05) is 18.2 Å². The molecule has 1 aromatic rings. The van der Waals surface area contributed by atoms with Crippen LogP contribution in [0, 0.1) is 0 Å². The van der Waals surface area contributed by atoms with Crippen LogP contribution >= 0.6 is 0 Å². The second-order valence-corrected chi connectivity index (χ2v) is 5.25. The zero-order valence-corrected chi connectivity index (χ0v) is 13.6. The van der Waals surface area contributed by atoms with Crippen LogP contribution in [0.4, 0.5) is 13.2 Å². The Morgan fingerprint density at radius 3 is 2.24 bits per heavy atom. The van der Waals surface area contributed by atoms with Gasteiger partial charge in [0.2, 0.25) is 0 Å². The number of carboxylic acids is 1. The van der Waals surface area contributed by atoms with E-state index in [-0.39, 0.29) is 5.97 Å². The summed E-state index contributed by atoms with van der Waals surface area (Å²) in [7, 11) is 0. The van der Waals surface area contributed by atoms with Crippen LogP contribution in [0.1, 0.15) is 16.8 Å². The van der Waals surface area contributed by atoms with E-state index < -0.39 is 12.1 Å². The molecule has 6 nitrogen and oxygen atoms in total. The average Bonchev–Trinajstić information content (AvgIpc) is 2.60. The maximum Gasteiger partial charge on any atom is 0.490 e. The number of aliphatic carboxylic acids is 1. The van der Waals surface area contributed by atoms with Gasteiger partial charge >= 0.3 is 18.1 Å². The number of carbonyl (C=O) groups is 2. The first-order valence-electron chi connectivity index (χ1n) is 7.76. The molecule has 2 N–H and O–H groups in total. The lowest BCUT2D eigenvalue weighted by Crippen LogP contribution is -2.43. The SMILES string of the molecule is O=C(O)C(F)(F)F.O=C(OCCCN1CCNCC1)c1ccccc1. The number of piperazine rings is 1. The fourth-order valence-corrected chi connectivity index (χ4v) is 2.05. The minimum absolute atomic E-state index is 0.226. The highest BCUT2D eigenvalue weighted by Crippen LogP contribution is 2.13. The van der Waals surface area contributed by atoms with Crippen LogP contribution in [0.25, 0.3) is 0 Å². The van der Waals surface area contributed by atoms with E-state index in [4.69, 9.17) is 14.6 Å². The maximum atomic E-state index is 11.6. The normalized spacial score (nSPS) is 15.0. The molecule has 0 atom stereocenters. The zero-order chi connectivity index (χ0) is 18.7. The minimum atomic E-state index is -5.08. The number of alkyl halides is 3. The highest BCUT2D eigenvalue weighted by atomic mass is 19.4. The van der Waals surface area contributed by atoms with E-state index in [0.29, 0.717) is 12.2 Å². The first-order valence-corrected chi connectivity index (χ1v) is 7.76. The van der Waals surface area contributed by atoms with Crippen LogP contribution < -0.4 is 5.32 Å². The number of nitrogens with zero attached hydrogens (tertiary/aromatic N) is 1. The summed E-state index contributed by atoms with van der Waals surface area (Å²) in [4.78, 5) is 22.9. The number of halogens is 3. The van der Waals surface area contributed by atoms with Crippen molar-refractivity contribution >= 4 is 11.9 Å². The molecule has 140 valence electrons. The van der Waals surface area contributed by atoms with Crippen molar-refractivity contribution in [1.29, 1.82) is 0 Å². The Morgan fingerprint density at radius 1 is 1.16 bits per heavy atom. The van der Waals surface area contributed by atoms with Crippen LogP contribution in [0.15, 0.2) is 30.3 Å². The number of carboxylic acid groups (broad SMARTS) is 1. The number of hydrogen-bond acceptors (Lipinski definition) is 5. The molecule has 0 unspecified atom stereocenters. The summed E-state index contributed by atoms with van der Waals surface area (Å²) in [5.74, 6) is -2.98. The lowest BCUT2D eigenvalue weighted by Gasteiger charge is -2.26. The third-order valence-electron chi connectivity index (χ3n) is 3.31. The van der Waals surface area contributed by atoms with Crippen LogP contribution in [-0.4, -0.2) is 67.5 Å². The van der Waals surface area contributed by atoms with Crippen molar-refractivity contribution in [2.75, 3.05) is 39.3 Å². The molecule has 1 aliphatic heterocycles. The largest absolute Gasteiger partial charge is 0.490 e. The quantitative estimate of drug-likeness (QED) is 0.614. The van der Waals surface area contributed by atoms with Crippen molar-refractivity contribution in [2.45, 2.75) is 12.6 Å². The molecule has 0 amide bonds. The van der Waals surface area contributed by atoms with E-state index >= 15 is 0 Å². The topological polar surface area (TPSA) is 78.9 Å². The molecule has 1 aliphatic rings. The number of carbonyl (C=O) groups excluding carboxylic acids is 1. The second-order valence-electron chi connectivity index (χ2n) is 5.25. The summed E-state index contributed by atoms with van der Waals surface area (Å²) < 4.78 is 37.0. The average molecular weight is 362 g/mol. The van der Waals surface area contributed by atoms with Crippen LogP contribution in [-0.2, 0) is 9.53 Å². The third kappa shape index (κ3) is 9.06. The van der Waals surface area contributed by atoms with Crippen molar-refractivity contribution in [3.8, 4) is 0 Å². The molecule has 0 aromatic heterocycles. The summed E-state index contributed by atoms with van der Waals surface area (Å²) in [6.07, 6.45) is -4.18. The highest BCUT2D eigenvalue weighted by Gasteiger charge is 2.38.